The molecule has 1 spiro atoms. The summed E-state index contributed by atoms with van der Waals surface area (Å²) in [6.07, 6.45) is 15.9. The number of fused-ring (bicyclic) bond motifs is 12. The van der Waals surface area contributed by atoms with Gasteiger partial charge in [0.05, 0.1) is 16.8 Å². The maximum absolute atomic E-state index is 6.81. The first-order chi connectivity index (χ1) is 32.1. The lowest BCUT2D eigenvalue weighted by Crippen LogP contribution is -2.42. The second-order valence-corrected chi connectivity index (χ2v) is 18.1. The van der Waals surface area contributed by atoms with Gasteiger partial charge in [-0.25, -0.2) is 9.97 Å². The van der Waals surface area contributed by atoms with Crippen molar-refractivity contribution in [3.8, 4) is 45.4 Å². The van der Waals surface area contributed by atoms with Crippen LogP contribution in [0.5, 0.6) is 11.5 Å². The quantitative estimate of drug-likeness (QED) is 0.162. The molecule has 0 bridgehead atoms. The Balaban J connectivity index is 0.901. The first-order valence-electron chi connectivity index (χ1n) is 22.8. The van der Waals surface area contributed by atoms with Gasteiger partial charge in [-0.2, -0.15) is 0 Å². The minimum absolute atomic E-state index is 0.135. The summed E-state index contributed by atoms with van der Waals surface area (Å²) >= 11 is 0. The molecule has 9 aromatic rings. The molecule has 3 nitrogen and oxygen atoms in total. The van der Waals surface area contributed by atoms with E-state index in [4.69, 9.17) is 14.7 Å². The van der Waals surface area contributed by atoms with Crippen LogP contribution in [0, 0.1) is 5.92 Å². The Morgan fingerprint density at radius 2 is 1.11 bits per heavy atom. The van der Waals surface area contributed by atoms with Gasteiger partial charge in [0.25, 0.3) is 0 Å². The Bertz CT molecular complexity index is 3540. The number of hydrogen-bond acceptors (Lipinski definition) is 3. The normalized spacial score (nSPS) is 20.1. The Morgan fingerprint density at radius 1 is 0.477 bits per heavy atom. The van der Waals surface area contributed by atoms with Gasteiger partial charge in [0.2, 0.25) is 0 Å². The molecule has 1 aromatic heterocycles. The lowest BCUT2D eigenvalue weighted by atomic mass is 9.59. The van der Waals surface area contributed by atoms with Crippen molar-refractivity contribution in [1.82, 2.24) is 9.97 Å². The van der Waals surface area contributed by atoms with E-state index in [9.17, 15) is 0 Å². The Kier molecular flexibility index (Phi) is 8.45. The smallest absolute Gasteiger partial charge is 0.160 e. The van der Waals surface area contributed by atoms with Crippen LogP contribution in [0.15, 0.2) is 218 Å². The molecule has 4 aliphatic rings. The molecule has 13 rings (SSSR count). The van der Waals surface area contributed by atoms with Crippen molar-refractivity contribution in [3.63, 3.8) is 0 Å². The van der Waals surface area contributed by atoms with Gasteiger partial charge in [-0.1, -0.05) is 189 Å². The molecular weight excluding hydrogens is 789 g/mol. The topological polar surface area (TPSA) is 35.0 Å². The highest BCUT2D eigenvalue weighted by atomic mass is 16.5. The maximum atomic E-state index is 6.81. The van der Waals surface area contributed by atoms with Gasteiger partial charge < -0.3 is 4.74 Å². The van der Waals surface area contributed by atoms with Crippen LogP contribution in [0.1, 0.15) is 53.1 Å². The molecule has 8 aromatic carbocycles. The maximum Gasteiger partial charge on any atom is 0.160 e. The molecule has 308 valence electrons. The molecule has 2 heterocycles. The molecule has 0 saturated heterocycles. The summed E-state index contributed by atoms with van der Waals surface area (Å²) in [5.41, 5.74) is 14.5. The van der Waals surface area contributed by atoms with Crippen molar-refractivity contribution in [3.05, 3.63) is 252 Å². The van der Waals surface area contributed by atoms with Gasteiger partial charge >= 0.3 is 0 Å². The predicted molar refractivity (Wildman–Crippen MR) is 267 cm³/mol. The van der Waals surface area contributed by atoms with E-state index >= 15 is 0 Å². The fourth-order valence-electron chi connectivity index (χ4n) is 11.6. The molecule has 3 atom stereocenters. The predicted octanol–water partition coefficient (Wildman–Crippen LogP) is 15.5. The lowest BCUT2D eigenvalue weighted by Gasteiger charge is -2.45. The summed E-state index contributed by atoms with van der Waals surface area (Å²) in [5.74, 6) is 2.63. The summed E-state index contributed by atoms with van der Waals surface area (Å²) in [4.78, 5) is 10.5. The number of ether oxygens (including phenoxy) is 1. The van der Waals surface area contributed by atoms with Crippen molar-refractivity contribution < 1.29 is 4.74 Å². The molecule has 1 aliphatic heterocycles. The van der Waals surface area contributed by atoms with Crippen LogP contribution in [0.2, 0.25) is 0 Å². The third-order valence-electron chi connectivity index (χ3n) is 14.7. The number of benzene rings is 8. The van der Waals surface area contributed by atoms with Gasteiger partial charge in [0.1, 0.15) is 11.5 Å². The van der Waals surface area contributed by atoms with E-state index < -0.39 is 5.41 Å². The van der Waals surface area contributed by atoms with E-state index in [1.54, 1.807) is 0 Å². The van der Waals surface area contributed by atoms with Crippen LogP contribution in [0.25, 0.3) is 66.6 Å². The second-order valence-electron chi connectivity index (χ2n) is 18.1. The zero-order valence-corrected chi connectivity index (χ0v) is 36.1. The van der Waals surface area contributed by atoms with Crippen molar-refractivity contribution in [2.75, 3.05) is 0 Å². The van der Waals surface area contributed by atoms with Gasteiger partial charge in [-0.15, -0.1) is 0 Å². The van der Waals surface area contributed by atoms with Crippen LogP contribution in [0.4, 0.5) is 0 Å². The summed E-state index contributed by atoms with van der Waals surface area (Å²) in [5, 5.41) is 5.22. The number of para-hydroxylation sites is 1. The molecule has 0 amide bonds. The molecule has 0 fully saturated rings. The number of allylic oxidation sites excluding steroid dienone is 8. The van der Waals surface area contributed by atoms with E-state index in [1.807, 2.05) is 6.07 Å². The Labute approximate surface area is 379 Å². The largest absolute Gasteiger partial charge is 0.457 e. The third kappa shape index (κ3) is 5.75. The average molecular weight is 833 g/mol. The van der Waals surface area contributed by atoms with E-state index in [1.165, 1.54) is 60.5 Å². The molecule has 0 radical (unpaired) electrons. The fourth-order valence-corrected chi connectivity index (χ4v) is 11.6. The Morgan fingerprint density at radius 3 is 1.92 bits per heavy atom. The van der Waals surface area contributed by atoms with E-state index in [0.717, 1.165) is 58.0 Å². The van der Waals surface area contributed by atoms with Crippen molar-refractivity contribution in [2.45, 2.75) is 30.6 Å². The van der Waals surface area contributed by atoms with Crippen LogP contribution in [-0.2, 0) is 10.8 Å². The fraction of sp³-hybridized carbons (Fsp3) is 0.0968. The average Bonchev–Trinajstić information content (AvgIpc) is 3.61. The lowest BCUT2D eigenvalue weighted by molar-refractivity contribution is 0.329. The summed E-state index contributed by atoms with van der Waals surface area (Å²) in [6, 6.07) is 65.7. The van der Waals surface area contributed by atoms with Gasteiger partial charge in [-0.3, -0.25) is 0 Å². The van der Waals surface area contributed by atoms with Crippen molar-refractivity contribution >= 4 is 32.7 Å². The second kappa shape index (κ2) is 14.6. The molecule has 0 saturated carbocycles. The Hall–Kier alpha value is -7.88. The molecule has 65 heavy (non-hydrogen) atoms. The minimum atomic E-state index is -0.478. The van der Waals surface area contributed by atoms with Crippen LogP contribution < -0.4 is 4.74 Å². The number of aromatic nitrogens is 2. The van der Waals surface area contributed by atoms with Crippen LogP contribution in [-0.4, -0.2) is 9.97 Å². The zero-order chi connectivity index (χ0) is 43.1. The van der Waals surface area contributed by atoms with Gasteiger partial charge in [0.15, 0.2) is 5.82 Å². The van der Waals surface area contributed by atoms with E-state index in [2.05, 4.69) is 219 Å². The molecule has 0 N–H and O–H groups in total. The molecule has 3 unspecified atom stereocenters. The summed E-state index contributed by atoms with van der Waals surface area (Å²) in [7, 11) is 0. The van der Waals surface area contributed by atoms with E-state index in [0.29, 0.717) is 5.82 Å². The van der Waals surface area contributed by atoms with Crippen molar-refractivity contribution in [2.24, 2.45) is 5.92 Å². The molecular formula is C62H44N2O. The van der Waals surface area contributed by atoms with Crippen molar-refractivity contribution in [1.29, 1.82) is 0 Å². The highest BCUT2D eigenvalue weighted by Gasteiger charge is 2.61. The highest BCUT2D eigenvalue weighted by molar-refractivity contribution is 6.12. The summed E-state index contributed by atoms with van der Waals surface area (Å²) < 4.78 is 6.81. The van der Waals surface area contributed by atoms with Crippen LogP contribution >= 0.6 is 0 Å². The number of rotatable bonds is 5. The monoisotopic (exact) mass is 832 g/mol. The van der Waals surface area contributed by atoms with Crippen LogP contribution in [0.3, 0.4) is 0 Å². The number of hydrogen-bond donors (Lipinski definition) is 0. The first kappa shape index (κ1) is 37.7. The molecule has 3 heteroatoms. The van der Waals surface area contributed by atoms with E-state index in [-0.39, 0.29) is 11.3 Å². The third-order valence-corrected chi connectivity index (χ3v) is 14.7. The van der Waals surface area contributed by atoms with Gasteiger partial charge in [-0.05, 0) is 104 Å². The minimum Gasteiger partial charge on any atom is -0.457 e. The SMILES string of the molecule is CC12C=CC=CC1C1(c3ccccc3Oc3ccc(-c4cc(-c5ccc(C6=CC=C(c7cc8ccccc8c8ccccc78)CC6)cc5)nc(-c5ccccc5)n4)cc31)c1ccccc12. The standard InChI is InChI=1S/C62H44N2O/c1-61-36-14-13-25-59(61)62(52-22-10-9-21-51(52)61)53-23-11-12-24-57(53)65-58-35-34-46(38-54(58)62)56-39-55(63-60(64-56)44-15-3-2-4-16-44)43-32-28-41(29-33-43)40-26-30-42(31-27-40)50-37-45-17-5-6-18-47(45)48-19-7-8-20-49(48)50/h2-26,28-30,32-39,59H,27,31H2,1H3. The first-order valence-corrected chi connectivity index (χ1v) is 22.8. The summed E-state index contributed by atoms with van der Waals surface area (Å²) in [6.45, 7) is 2.40. The highest BCUT2D eigenvalue weighted by Crippen LogP contribution is 2.66. The zero-order valence-electron chi connectivity index (χ0n) is 36.1. The molecule has 3 aliphatic carbocycles. The van der Waals surface area contributed by atoms with Gasteiger partial charge in [0, 0.05) is 39.2 Å². The number of nitrogens with zero attached hydrogens (tertiary/aromatic N) is 2.